The Labute approximate surface area is 77.2 Å². The molecule has 3 nitrogen and oxygen atoms in total. The first-order valence-electron chi connectivity index (χ1n) is 4.27. The molecule has 0 spiro atoms. The Kier molecular flexibility index (Phi) is 4.71. The second-order valence-electron chi connectivity index (χ2n) is 2.47. The fourth-order valence-electron chi connectivity index (χ4n) is 0.896. The maximum absolute atomic E-state index is 4.12. The van der Waals surface area contributed by atoms with Gasteiger partial charge < -0.3 is 10.6 Å². The lowest BCUT2D eigenvalue weighted by molar-refractivity contribution is 0.688. The van der Waals surface area contributed by atoms with E-state index < -0.39 is 0 Å². The van der Waals surface area contributed by atoms with E-state index in [2.05, 4.69) is 22.5 Å². The Balaban J connectivity index is 1.96. The fraction of sp³-hybridized carbons (Fsp3) is 0.625. The molecule has 0 atom stereocenters. The van der Waals surface area contributed by atoms with E-state index >= 15 is 0 Å². The van der Waals surface area contributed by atoms with Crippen LogP contribution in [0, 0.1) is 0 Å². The highest BCUT2D eigenvalue weighted by atomic mass is 32.1. The van der Waals surface area contributed by atoms with E-state index in [-0.39, 0.29) is 0 Å². The first-order valence-corrected chi connectivity index (χ1v) is 5.15. The zero-order valence-corrected chi connectivity index (χ0v) is 8.16. The van der Waals surface area contributed by atoms with Crippen LogP contribution in [-0.2, 0) is 0 Å². The maximum atomic E-state index is 4.12. The smallest absolute Gasteiger partial charge is 0.182 e. The molecule has 1 aromatic rings. The molecule has 0 aliphatic carbocycles. The summed E-state index contributed by atoms with van der Waals surface area (Å²) >= 11 is 1.64. The van der Waals surface area contributed by atoms with Crippen molar-refractivity contribution in [1.82, 2.24) is 10.3 Å². The summed E-state index contributed by atoms with van der Waals surface area (Å²) < 4.78 is 0. The standard InChI is InChI=1S/C8H15N3S/c1-2-9-4-3-5-10-8-11-6-7-12-8/h6-7,9H,2-5H2,1H3,(H,10,11). The Bertz CT molecular complexity index is 186. The van der Waals surface area contributed by atoms with Gasteiger partial charge in [-0.2, -0.15) is 0 Å². The van der Waals surface area contributed by atoms with Crippen LogP contribution in [-0.4, -0.2) is 24.6 Å². The van der Waals surface area contributed by atoms with Crippen molar-refractivity contribution < 1.29 is 0 Å². The van der Waals surface area contributed by atoms with Gasteiger partial charge in [-0.15, -0.1) is 11.3 Å². The molecule has 0 aromatic carbocycles. The minimum Gasteiger partial charge on any atom is -0.361 e. The highest BCUT2D eigenvalue weighted by molar-refractivity contribution is 7.13. The van der Waals surface area contributed by atoms with E-state index in [1.807, 2.05) is 11.6 Å². The molecule has 0 bridgehead atoms. The van der Waals surface area contributed by atoms with E-state index in [9.17, 15) is 0 Å². The second kappa shape index (κ2) is 5.97. The quantitative estimate of drug-likeness (QED) is 0.660. The summed E-state index contributed by atoms with van der Waals surface area (Å²) in [6, 6.07) is 0. The van der Waals surface area contributed by atoms with Gasteiger partial charge in [0.15, 0.2) is 5.13 Å². The first kappa shape index (κ1) is 9.48. The van der Waals surface area contributed by atoms with Crippen LogP contribution in [0.1, 0.15) is 13.3 Å². The topological polar surface area (TPSA) is 37.0 Å². The molecule has 0 aliphatic heterocycles. The van der Waals surface area contributed by atoms with E-state index in [1.54, 1.807) is 11.3 Å². The lowest BCUT2D eigenvalue weighted by Crippen LogP contribution is -2.17. The lowest BCUT2D eigenvalue weighted by Gasteiger charge is -2.02. The SMILES string of the molecule is CCNCCCNc1nccs1. The summed E-state index contributed by atoms with van der Waals surface area (Å²) in [5.74, 6) is 0. The van der Waals surface area contributed by atoms with Crippen molar-refractivity contribution in [3.63, 3.8) is 0 Å². The third kappa shape index (κ3) is 3.69. The van der Waals surface area contributed by atoms with E-state index in [1.165, 1.54) is 0 Å². The molecule has 1 heterocycles. The number of nitrogens with one attached hydrogen (secondary N) is 2. The molecule has 0 amide bonds. The van der Waals surface area contributed by atoms with Gasteiger partial charge in [0.05, 0.1) is 0 Å². The van der Waals surface area contributed by atoms with Crippen molar-refractivity contribution in [2.45, 2.75) is 13.3 Å². The van der Waals surface area contributed by atoms with Crippen LogP contribution in [0.3, 0.4) is 0 Å². The zero-order chi connectivity index (χ0) is 8.65. The minimum atomic E-state index is 1.00. The molecule has 0 saturated heterocycles. The summed E-state index contributed by atoms with van der Waals surface area (Å²) in [5, 5.41) is 9.52. The molecule has 1 rings (SSSR count). The van der Waals surface area contributed by atoms with E-state index in [4.69, 9.17) is 0 Å². The number of aromatic nitrogens is 1. The predicted molar refractivity (Wildman–Crippen MR) is 53.8 cm³/mol. The fourth-order valence-corrected chi connectivity index (χ4v) is 1.45. The van der Waals surface area contributed by atoms with Crippen molar-refractivity contribution in [2.24, 2.45) is 0 Å². The van der Waals surface area contributed by atoms with E-state index in [0.29, 0.717) is 0 Å². The van der Waals surface area contributed by atoms with Gasteiger partial charge in [-0.3, -0.25) is 0 Å². The Hall–Kier alpha value is -0.610. The van der Waals surface area contributed by atoms with Crippen molar-refractivity contribution >= 4 is 16.5 Å². The zero-order valence-electron chi connectivity index (χ0n) is 7.34. The van der Waals surface area contributed by atoms with Crippen molar-refractivity contribution in [1.29, 1.82) is 0 Å². The highest BCUT2D eigenvalue weighted by Gasteiger charge is 1.91. The van der Waals surface area contributed by atoms with Crippen LogP contribution >= 0.6 is 11.3 Å². The molecular weight excluding hydrogens is 170 g/mol. The van der Waals surface area contributed by atoms with Gasteiger partial charge in [0.2, 0.25) is 0 Å². The van der Waals surface area contributed by atoms with Crippen molar-refractivity contribution in [2.75, 3.05) is 25.0 Å². The van der Waals surface area contributed by atoms with Crippen LogP contribution in [0.2, 0.25) is 0 Å². The molecular formula is C8H15N3S. The molecule has 0 aliphatic rings. The van der Waals surface area contributed by atoms with Gasteiger partial charge in [-0.1, -0.05) is 6.92 Å². The molecule has 12 heavy (non-hydrogen) atoms. The van der Waals surface area contributed by atoms with Gasteiger partial charge in [0.25, 0.3) is 0 Å². The minimum absolute atomic E-state index is 1.00. The monoisotopic (exact) mass is 185 g/mol. The molecule has 68 valence electrons. The molecule has 0 saturated carbocycles. The maximum Gasteiger partial charge on any atom is 0.182 e. The second-order valence-corrected chi connectivity index (χ2v) is 3.37. The van der Waals surface area contributed by atoms with Crippen LogP contribution in [0.15, 0.2) is 11.6 Å². The predicted octanol–water partition coefficient (Wildman–Crippen LogP) is 1.55. The summed E-state index contributed by atoms with van der Waals surface area (Å²) in [6.45, 7) is 5.25. The van der Waals surface area contributed by atoms with Crippen LogP contribution in [0.4, 0.5) is 5.13 Å². The number of hydrogen-bond donors (Lipinski definition) is 2. The first-order chi connectivity index (χ1) is 5.93. The average Bonchev–Trinajstić information content (AvgIpc) is 2.57. The summed E-state index contributed by atoms with van der Waals surface area (Å²) in [5.41, 5.74) is 0. The number of hydrogen-bond acceptors (Lipinski definition) is 4. The van der Waals surface area contributed by atoms with Gasteiger partial charge in [0, 0.05) is 18.1 Å². The van der Waals surface area contributed by atoms with E-state index in [0.717, 1.165) is 31.2 Å². The molecule has 0 fully saturated rings. The van der Waals surface area contributed by atoms with Gasteiger partial charge in [0.1, 0.15) is 0 Å². The Morgan fingerprint density at radius 2 is 2.42 bits per heavy atom. The summed E-state index contributed by atoms with van der Waals surface area (Å²) in [4.78, 5) is 4.12. The third-order valence-corrected chi connectivity index (χ3v) is 2.22. The van der Waals surface area contributed by atoms with Crippen molar-refractivity contribution in [3.8, 4) is 0 Å². The summed E-state index contributed by atoms with van der Waals surface area (Å²) in [7, 11) is 0. The van der Waals surface area contributed by atoms with Crippen LogP contribution in [0.25, 0.3) is 0 Å². The van der Waals surface area contributed by atoms with Gasteiger partial charge in [-0.05, 0) is 19.5 Å². The number of thiazole rings is 1. The van der Waals surface area contributed by atoms with Crippen LogP contribution < -0.4 is 10.6 Å². The van der Waals surface area contributed by atoms with Crippen LogP contribution in [0.5, 0.6) is 0 Å². The number of nitrogens with zero attached hydrogens (tertiary/aromatic N) is 1. The Morgan fingerprint density at radius 1 is 1.50 bits per heavy atom. The summed E-state index contributed by atoms with van der Waals surface area (Å²) in [6.07, 6.45) is 2.96. The lowest BCUT2D eigenvalue weighted by atomic mass is 10.4. The average molecular weight is 185 g/mol. The normalized spacial score (nSPS) is 10.1. The molecule has 0 radical (unpaired) electrons. The number of anilines is 1. The highest BCUT2D eigenvalue weighted by Crippen LogP contribution is 2.09. The largest absolute Gasteiger partial charge is 0.361 e. The Morgan fingerprint density at radius 3 is 3.08 bits per heavy atom. The van der Waals surface area contributed by atoms with Gasteiger partial charge >= 0.3 is 0 Å². The number of rotatable bonds is 6. The molecule has 1 aromatic heterocycles. The van der Waals surface area contributed by atoms with Crippen molar-refractivity contribution in [3.05, 3.63) is 11.6 Å². The molecule has 2 N–H and O–H groups in total. The third-order valence-electron chi connectivity index (χ3n) is 1.49. The van der Waals surface area contributed by atoms with Gasteiger partial charge in [-0.25, -0.2) is 4.98 Å². The molecule has 0 unspecified atom stereocenters. The molecule has 4 heteroatoms.